The molecule has 1 aromatic heterocycles. The lowest BCUT2D eigenvalue weighted by Crippen LogP contribution is -2.29. The second kappa shape index (κ2) is 4.18. The van der Waals surface area contributed by atoms with E-state index in [2.05, 4.69) is 5.16 Å². The quantitative estimate of drug-likeness (QED) is 0.804. The van der Waals surface area contributed by atoms with Crippen LogP contribution in [0.1, 0.15) is 37.3 Å². The molecule has 0 aromatic carbocycles. The molecule has 1 fully saturated rings. The number of nitrogens with zero attached hydrogens (tertiary/aromatic N) is 2. The van der Waals surface area contributed by atoms with Gasteiger partial charge in [0.1, 0.15) is 0 Å². The van der Waals surface area contributed by atoms with Gasteiger partial charge in [0.25, 0.3) is 0 Å². The Bertz CT molecular complexity index is 466. The molecule has 1 aliphatic rings. The predicted octanol–water partition coefficient (Wildman–Crippen LogP) is 1.33. The summed E-state index contributed by atoms with van der Waals surface area (Å²) >= 11 is 0. The van der Waals surface area contributed by atoms with Crippen LogP contribution < -0.4 is 0 Å². The molecule has 6 heteroatoms. The fourth-order valence-electron chi connectivity index (χ4n) is 2.07. The van der Waals surface area contributed by atoms with E-state index in [0.29, 0.717) is 12.3 Å². The van der Waals surface area contributed by atoms with Gasteiger partial charge in [-0.05, 0) is 19.3 Å². The normalized spacial score (nSPS) is 22.8. The van der Waals surface area contributed by atoms with Crippen LogP contribution in [-0.2, 0) is 16.4 Å². The number of sulfonamides is 1. The van der Waals surface area contributed by atoms with Gasteiger partial charge in [-0.1, -0.05) is 12.1 Å². The summed E-state index contributed by atoms with van der Waals surface area (Å²) in [6.07, 6.45) is 3.73. The predicted molar refractivity (Wildman–Crippen MR) is 59.4 cm³/mol. The van der Waals surface area contributed by atoms with Gasteiger partial charge in [0.15, 0.2) is 5.76 Å². The maximum atomic E-state index is 11.6. The summed E-state index contributed by atoms with van der Waals surface area (Å²) in [4.78, 5) is 0. The van der Waals surface area contributed by atoms with Crippen molar-refractivity contribution in [3.8, 4) is 0 Å². The van der Waals surface area contributed by atoms with Gasteiger partial charge in [-0.3, -0.25) is 0 Å². The summed E-state index contributed by atoms with van der Waals surface area (Å²) < 4.78 is 29.8. The largest absolute Gasteiger partial charge is 0.359 e. The Kier molecular flexibility index (Phi) is 3.03. The molecule has 2 rings (SSSR count). The molecule has 0 aliphatic carbocycles. The highest BCUT2D eigenvalue weighted by Gasteiger charge is 2.34. The van der Waals surface area contributed by atoms with E-state index < -0.39 is 10.0 Å². The van der Waals surface area contributed by atoms with Crippen molar-refractivity contribution in [2.24, 2.45) is 0 Å². The van der Waals surface area contributed by atoms with E-state index in [1.54, 1.807) is 0 Å². The summed E-state index contributed by atoms with van der Waals surface area (Å²) in [6.45, 7) is 2.57. The second-order valence-electron chi connectivity index (χ2n) is 4.11. The van der Waals surface area contributed by atoms with Crippen molar-refractivity contribution in [2.75, 3.05) is 12.8 Å². The minimum Gasteiger partial charge on any atom is -0.359 e. The Labute approximate surface area is 95.5 Å². The Morgan fingerprint density at radius 3 is 2.94 bits per heavy atom. The van der Waals surface area contributed by atoms with Gasteiger partial charge >= 0.3 is 0 Å². The molecule has 0 bridgehead atoms. The molecule has 90 valence electrons. The zero-order valence-electron chi connectivity index (χ0n) is 9.51. The van der Waals surface area contributed by atoms with Gasteiger partial charge in [0.05, 0.1) is 18.0 Å². The lowest BCUT2D eigenvalue weighted by molar-refractivity contribution is 0.297. The first-order valence-electron chi connectivity index (χ1n) is 5.44. The summed E-state index contributed by atoms with van der Waals surface area (Å²) in [5.41, 5.74) is 0.871. The summed E-state index contributed by atoms with van der Waals surface area (Å²) in [6, 6.07) is 1.69. The summed E-state index contributed by atoms with van der Waals surface area (Å²) in [5.74, 6) is 0.666. The fourth-order valence-corrected chi connectivity index (χ4v) is 3.21. The third-order valence-electron chi connectivity index (χ3n) is 2.90. The fraction of sp³-hybridized carbons (Fsp3) is 0.700. The standard InChI is InChI=1S/C10H16N2O3S/c1-3-8-7-10(15-11-8)9-5-4-6-12(9)16(2,13)14/h7,9H,3-6H2,1-2H3/t9-/m0/s1. The van der Waals surface area contributed by atoms with Crippen LogP contribution in [0.3, 0.4) is 0 Å². The SMILES string of the molecule is CCc1cc([C@@H]2CCCN2S(C)(=O)=O)on1. The Balaban J connectivity index is 2.26. The Morgan fingerprint density at radius 1 is 1.62 bits per heavy atom. The first-order valence-corrected chi connectivity index (χ1v) is 7.29. The third-order valence-corrected chi connectivity index (χ3v) is 4.19. The van der Waals surface area contributed by atoms with E-state index in [1.807, 2.05) is 13.0 Å². The highest BCUT2D eigenvalue weighted by molar-refractivity contribution is 7.88. The van der Waals surface area contributed by atoms with E-state index in [1.165, 1.54) is 10.6 Å². The van der Waals surface area contributed by atoms with Crippen molar-refractivity contribution >= 4 is 10.0 Å². The van der Waals surface area contributed by atoms with Crippen molar-refractivity contribution in [1.82, 2.24) is 9.46 Å². The molecule has 0 N–H and O–H groups in total. The molecule has 0 unspecified atom stereocenters. The first-order chi connectivity index (χ1) is 7.52. The van der Waals surface area contributed by atoms with Crippen molar-refractivity contribution in [2.45, 2.75) is 32.2 Å². The van der Waals surface area contributed by atoms with Crippen LogP contribution in [0.25, 0.3) is 0 Å². The van der Waals surface area contributed by atoms with Gasteiger partial charge < -0.3 is 4.52 Å². The number of hydrogen-bond donors (Lipinski definition) is 0. The molecular formula is C10H16N2O3S. The zero-order chi connectivity index (χ0) is 11.8. The highest BCUT2D eigenvalue weighted by Crippen LogP contribution is 2.33. The maximum Gasteiger partial charge on any atom is 0.211 e. The number of hydrogen-bond acceptors (Lipinski definition) is 4. The molecule has 1 aliphatic heterocycles. The van der Waals surface area contributed by atoms with Crippen LogP contribution in [0.2, 0.25) is 0 Å². The van der Waals surface area contributed by atoms with Crippen LogP contribution in [0, 0.1) is 0 Å². The molecular weight excluding hydrogens is 228 g/mol. The van der Waals surface area contributed by atoms with Gasteiger partial charge in [0.2, 0.25) is 10.0 Å². The van der Waals surface area contributed by atoms with E-state index in [-0.39, 0.29) is 6.04 Å². The van der Waals surface area contributed by atoms with Crippen LogP contribution in [0.5, 0.6) is 0 Å². The number of aromatic nitrogens is 1. The van der Waals surface area contributed by atoms with Crippen molar-refractivity contribution in [1.29, 1.82) is 0 Å². The van der Waals surface area contributed by atoms with Crippen LogP contribution in [0.15, 0.2) is 10.6 Å². The minimum absolute atomic E-state index is 0.164. The monoisotopic (exact) mass is 244 g/mol. The lowest BCUT2D eigenvalue weighted by atomic mass is 10.1. The van der Waals surface area contributed by atoms with E-state index in [4.69, 9.17) is 4.52 Å². The van der Waals surface area contributed by atoms with Gasteiger partial charge in [-0.15, -0.1) is 0 Å². The maximum absolute atomic E-state index is 11.6. The third kappa shape index (κ3) is 2.12. The number of rotatable bonds is 3. The smallest absolute Gasteiger partial charge is 0.211 e. The molecule has 16 heavy (non-hydrogen) atoms. The molecule has 0 amide bonds. The Morgan fingerprint density at radius 2 is 2.38 bits per heavy atom. The van der Waals surface area contributed by atoms with Gasteiger partial charge in [0, 0.05) is 12.6 Å². The van der Waals surface area contributed by atoms with Crippen molar-refractivity contribution in [3.05, 3.63) is 17.5 Å². The molecule has 1 saturated heterocycles. The number of aryl methyl sites for hydroxylation is 1. The molecule has 0 radical (unpaired) electrons. The molecule has 2 heterocycles. The molecule has 5 nitrogen and oxygen atoms in total. The van der Waals surface area contributed by atoms with Crippen LogP contribution in [0.4, 0.5) is 0 Å². The molecule has 0 spiro atoms. The van der Waals surface area contributed by atoms with Crippen LogP contribution >= 0.6 is 0 Å². The average Bonchev–Trinajstić information content (AvgIpc) is 2.84. The summed E-state index contributed by atoms with van der Waals surface area (Å²) in [7, 11) is -3.15. The van der Waals surface area contributed by atoms with Gasteiger partial charge in [-0.25, -0.2) is 8.42 Å². The average molecular weight is 244 g/mol. The van der Waals surface area contributed by atoms with Crippen molar-refractivity contribution < 1.29 is 12.9 Å². The van der Waals surface area contributed by atoms with E-state index in [9.17, 15) is 8.42 Å². The summed E-state index contributed by atoms with van der Waals surface area (Å²) in [5, 5.41) is 3.90. The van der Waals surface area contributed by atoms with Crippen LogP contribution in [-0.4, -0.2) is 30.7 Å². The Hall–Kier alpha value is -0.880. The van der Waals surface area contributed by atoms with Crippen molar-refractivity contribution in [3.63, 3.8) is 0 Å². The topological polar surface area (TPSA) is 63.4 Å². The highest BCUT2D eigenvalue weighted by atomic mass is 32.2. The minimum atomic E-state index is -3.15. The molecule has 1 atom stereocenters. The second-order valence-corrected chi connectivity index (χ2v) is 6.04. The zero-order valence-corrected chi connectivity index (χ0v) is 10.3. The van der Waals surface area contributed by atoms with Gasteiger partial charge in [-0.2, -0.15) is 4.31 Å². The lowest BCUT2D eigenvalue weighted by Gasteiger charge is -2.19. The first kappa shape index (κ1) is 11.6. The van der Waals surface area contributed by atoms with E-state index in [0.717, 1.165) is 25.0 Å². The molecule has 0 saturated carbocycles. The van der Waals surface area contributed by atoms with E-state index >= 15 is 0 Å². The molecule has 1 aromatic rings.